The van der Waals surface area contributed by atoms with E-state index in [2.05, 4.69) is 21.7 Å². The number of nitrogens with zero attached hydrogens (tertiary/aromatic N) is 1. The molecule has 1 atom stereocenters. The van der Waals surface area contributed by atoms with E-state index in [0.29, 0.717) is 12.1 Å². The molecule has 0 unspecified atom stereocenters. The molecule has 2 aromatic rings. The molecule has 0 spiro atoms. The zero-order valence-electron chi connectivity index (χ0n) is 11.5. The fourth-order valence-electron chi connectivity index (χ4n) is 1.96. The van der Waals surface area contributed by atoms with Crippen LogP contribution in [0.1, 0.15) is 22.0 Å². The lowest BCUT2D eigenvalue weighted by molar-refractivity contribution is 0.0942. The summed E-state index contributed by atoms with van der Waals surface area (Å²) in [6.07, 6.45) is 0. The Bertz CT molecular complexity index is 552. The largest absolute Gasteiger partial charge is 0.350 e. The van der Waals surface area contributed by atoms with Gasteiger partial charge in [0, 0.05) is 12.1 Å². The second-order valence-corrected chi connectivity index (χ2v) is 5.53. The Morgan fingerprint density at radius 3 is 2.55 bits per heavy atom. The topological polar surface area (TPSA) is 32.3 Å². The number of amides is 1. The minimum atomic E-state index is -0.342. The van der Waals surface area contributed by atoms with Gasteiger partial charge in [0.2, 0.25) is 0 Å². The van der Waals surface area contributed by atoms with Crippen molar-refractivity contribution in [3.63, 3.8) is 0 Å². The Morgan fingerprint density at radius 2 is 2.00 bits per heavy atom. The number of likely N-dealkylation sites (N-methyl/N-ethyl adjacent to an activating group) is 1. The highest BCUT2D eigenvalue weighted by Crippen LogP contribution is 2.20. The summed E-state index contributed by atoms with van der Waals surface area (Å²) in [5.41, 5.74) is 1.65. The van der Waals surface area contributed by atoms with E-state index in [-0.39, 0.29) is 17.8 Å². The third-order valence-corrected chi connectivity index (χ3v) is 3.82. The van der Waals surface area contributed by atoms with Crippen LogP contribution in [0.3, 0.4) is 0 Å². The number of nitrogens with one attached hydrogen (secondary N) is 1. The van der Waals surface area contributed by atoms with Crippen LogP contribution in [0, 0.1) is 5.82 Å². The van der Waals surface area contributed by atoms with Crippen LogP contribution < -0.4 is 5.32 Å². The number of halogens is 1. The maximum Gasteiger partial charge on any atom is 0.251 e. The molecule has 5 heteroatoms. The molecule has 106 valence electrons. The number of carbonyl (C=O) groups excluding carboxylic acids is 1. The Hall–Kier alpha value is -1.72. The summed E-state index contributed by atoms with van der Waals surface area (Å²) in [6.45, 7) is 0.514. The predicted molar refractivity (Wildman–Crippen MR) is 79.5 cm³/mol. The van der Waals surface area contributed by atoms with Gasteiger partial charge < -0.3 is 10.2 Å². The first kappa shape index (κ1) is 14.7. The van der Waals surface area contributed by atoms with Gasteiger partial charge in [-0.25, -0.2) is 4.39 Å². The molecule has 2 rings (SSSR count). The number of carbonyl (C=O) groups is 1. The van der Waals surface area contributed by atoms with Gasteiger partial charge in [0.05, 0.1) is 6.04 Å². The summed E-state index contributed by atoms with van der Waals surface area (Å²) >= 11 is 1.64. The number of hydrogen-bond acceptors (Lipinski definition) is 3. The van der Waals surface area contributed by atoms with Crippen LogP contribution in [0.2, 0.25) is 0 Å². The quantitative estimate of drug-likeness (QED) is 0.919. The van der Waals surface area contributed by atoms with Gasteiger partial charge in [0.25, 0.3) is 5.91 Å². The molecule has 0 aliphatic rings. The highest BCUT2D eigenvalue weighted by molar-refractivity contribution is 7.07. The van der Waals surface area contributed by atoms with Gasteiger partial charge in [-0.15, -0.1) is 0 Å². The van der Waals surface area contributed by atoms with E-state index in [1.165, 1.54) is 29.8 Å². The number of thiophene rings is 1. The van der Waals surface area contributed by atoms with Crippen LogP contribution in [0.5, 0.6) is 0 Å². The second-order valence-electron chi connectivity index (χ2n) is 4.75. The fraction of sp³-hybridized carbons (Fsp3) is 0.267. The van der Waals surface area contributed by atoms with Gasteiger partial charge in [0.1, 0.15) is 5.82 Å². The minimum absolute atomic E-state index is 0.130. The molecule has 1 N–H and O–H groups in total. The lowest BCUT2D eigenvalue weighted by Gasteiger charge is -2.24. The Morgan fingerprint density at radius 1 is 1.30 bits per heavy atom. The summed E-state index contributed by atoms with van der Waals surface area (Å²) in [4.78, 5) is 14.1. The highest BCUT2D eigenvalue weighted by Gasteiger charge is 2.16. The van der Waals surface area contributed by atoms with Crippen molar-refractivity contribution in [1.82, 2.24) is 10.2 Å². The zero-order valence-corrected chi connectivity index (χ0v) is 12.3. The van der Waals surface area contributed by atoms with Crippen LogP contribution in [-0.2, 0) is 0 Å². The lowest BCUT2D eigenvalue weighted by Crippen LogP contribution is -2.34. The Balaban J connectivity index is 1.99. The van der Waals surface area contributed by atoms with Crippen LogP contribution in [-0.4, -0.2) is 31.4 Å². The smallest absolute Gasteiger partial charge is 0.251 e. The van der Waals surface area contributed by atoms with E-state index in [9.17, 15) is 9.18 Å². The van der Waals surface area contributed by atoms with Crippen molar-refractivity contribution in [3.05, 3.63) is 58.0 Å². The molecular formula is C15H17FN2OS. The first-order chi connectivity index (χ1) is 9.58. The molecule has 0 radical (unpaired) electrons. The molecule has 1 heterocycles. The number of benzene rings is 1. The molecule has 0 bridgehead atoms. The van der Waals surface area contributed by atoms with Gasteiger partial charge >= 0.3 is 0 Å². The predicted octanol–water partition coefficient (Wildman–Crippen LogP) is 2.92. The van der Waals surface area contributed by atoms with Crippen LogP contribution in [0.4, 0.5) is 4.39 Å². The van der Waals surface area contributed by atoms with Gasteiger partial charge in [-0.2, -0.15) is 11.3 Å². The lowest BCUT2D eigenvalue weighted by atomic mass is 10.1. The monoisotopic (exact) mass is 292 g/mol. The third kappa shape index (κ3) is 3.65. The molecule has 0 saturated heterocycles. The van der Waals surface area contributed by atoms with Crippen molar-refractivity contribution in [2.45, 2.75) is 6.04 Å². The summed E-state index contributed by atoms with van der Waals surface area (Å²) in [7, 11) is 3.96. The van der Waals surface area contributed by atoms with Crippen LogP contribution >= 0.6 is 11.3 Å². The summed E-state index contributed by atoms with van der Waals surface area (Å²) in [5, 5.41) is 6.99. The van der Waals surface area contributed by atoms with E-state index in [1.54, 1.807) is 11.3 Å². The second kappa shape index (κ2) is 6.63. The van der Waals surface area contributed by atoms with E-state index >= 15 is 0 Å². The zero-order chi connectivity index (χ0) is 14.5. The Kier molecular flexibility index (Phi) is 4.87. The van der Waals surface area contributed by atoms with Crippen molar-refractivity contribution < 1.29 is 9.18 Å². The summed E-state index contributed by atoms with van der Waals surface area (Å²) < 4.78 is 12.8. The van der Waals surface area contributed by atoms with E-state index in [4.69, 9.17) is 0 Å². The molecule has 1 amide bonds. The van der Waals surface area contributed by atoms with E-state index in [1.807, 2.05) is 19.5 Å². The van der Waals surface area contributed by atoms with Gasteiger partial charge in [-0.05, 0) is 60.8 Å². The van der Waals surface area contributed by atoms with Gasteiger partial charge in [-0.1, -0.05) is 0 Å². The average molecular weight is 292 g/mol. The molecular weight excluding hydrogens is 275 g/mol. The first-order valence-corrected chi connectivity index (χ1v) is 7.24. The van der Waals surface area contributed by atoms with Crippen molar-refractivity contribution >= 4 is 17.2 Å². The normalized spacial score (nSPS) is 12.4. The van der Waals surface area contributed by atoms with Crippen LogP contribution in [0.15, 0.2) is 41.1 Å². The first-order valence-electron chi connectivity index (χ1n) is 6.30. The average Bonchev–Trinajstić information content (AvgIpc) is 2.93. The highest BCUT2D eigenvalue weighted by atomic mass is 32.1. The standard InChI is InChI=1S/C15H17FN2OS/c1-18(2)14(12-7-8-20-10-12)9-17-15(19)11-3-5-13(16)6-4-11/h3-8,10,14H,9H2,1-2H3,(H,17,19)/t14-/m0/s1. The molecule has 0 fully saturated rings. The molecule has 3 nitrogen and oxygen atoms in total. The number of rotatable bonds is 5. The maximum absolute atomic E-state index is 12.8. The minimum Gasteiger partial charge on any atom is -0.350 e. The van der Waals surface area contributed by atoms with Crippen molar-refractivity contribution in [2.75, 3.05) is 20.6 Å². The van der Waals surface area contributed by atoms with E-state index < -0.39 is 0 Å². The van der Waals surface area contributed by atoms with Gasteiger partial charge in [0.15, 0.2) is 0 Å². The summed E-state index contributed by atoms with van der Waals surface area (Å²) in [5.74, 6) is -0.530. The molecule has 0 saturated carbocycles. The molecule has 0 aliphatic carbocycles. The summed E-state index contributed by atoms with van der Waals surface area (Å²) in [6, 6.07) is 7.74. The molecule has 20 heavy (non-hydrogen) atoms. The fourth-order valence-corrected chi connectivity index (χ4v) is 2.66. The molecule has 1 aromatic carbocycles. The van der Waals surface area contributed by atoms with Crippen molar-refractivity contribution in [1.29, 1.82) is 0 Å². The SMILES string of the molecule is CN(C)[C@@H](CNC(=O)c1ccc(F)cc1)c1ccsc1. The van der Waals surface area contributed by atoms with Crippen LogP contribution in [0.25, 0.3) is 0 Å². The van der Waals surface area contributed by atoms with Gasteiger partial charge in [-0.3, -0.25) is 4.79 Å². The maximum atomic E-state index is 12.8. The number of hydrogen-bond donors (Lipinski definition) is 1. The van der Waals surface area contributed by atoms with E-state index in [0.717, 1.165) is 0 Å². The molecule has 0 aliphatic heterocycles. The molecule has 1 aromatic heterocycles. The third-order valence-electron chi connectivity index (χ3n) is 3.11. The Labute approximate surface area is 122 Å². The van der Waals surface area contributed by atoms with Crippen molar-refractivity contribution in [3.8, 4) is 0 Å². The van der Waals surface area contributed by atoms with Crippen molar-refractivity contribution in [2.24, 2.45) is 0 Å².